The summed E-state index contributed by atoms with van der Waals surface area (Å²) in [5, 5.41) is 0. The van der Waals surface area contributed by atoms with Crippen LogP contribution in [0.4, 0.5) is 0 Å². The molecule has 132 valence electrons. The van der Waals surface area contributed by atoms with Crippen LogP contribution in [0.2, 0.25) is 0 Å². The second kappa shape index (κ2) is 11.8. The fourth-order valence-corrected chi connectivity index (χ4v) is 3.57. The van der Waals surface area contributed by atoms with E-state index >= 15 is 0 Å². The maximum absolute atomic E-state index is 5.39. The van der Waals surface area contributed by atoms with Gasteiger partial charge in [-0.2, -0.15) is 0 Å². The molecule has 1 aliphatic heterocycles. The Morgan fingerprint density at radius 3 is 2.61 bits per heavy atom. The molecule has 0 aromatic carbocycles. The number of hydrogen-bond acceptors (Lipinski definition) is 3. The predicted octanol–water partition coefficient (Wildman–Crippen LogP) is 3.42. The third kappa shape index (κ3) is 7.60. The number of nitrogens with zero attached hydrogens (tertiary/aromatic N) is 3. The number of aliphatic imine (C=N–C) groups is 1. The van der Waals surface area contributed by atoms with Crippen LogP contribution in [0.5, 0.6) is 0 Å². The summed E-state index contributed by atoms with van der Waals surface area (Å²) < 4.78 is 7.83. The minimum atomic E-state index is 0.692. The zero-order valence-electron chi connectivity index (χ0n) is 15.1. The van der Waals surface area contributed by atoms with Crippen molar-refractivity contribution < 1.29 is 9.31 Å². The summed E-state index contributed by atoms with van der Waals surface area (Å²) in [5.41, 5.74) is 0. The molecular formula is C19H36N3O+. The molecule has 1 saturated heterocycles. The van der Waals surface area contributed by atoms with Crippen LogP contribution < -0.4 is 0 Å². The molecule has 2 aliphatic rings. The van der Waals surface area contributed by atoms with Crippen molar-refractivity contribution in [2.45, 2.75) is 70.8 Å². The highest BCUT2D eigenvalue weighted by molar-refractivity contribution is 5.34. The molecule has 2 rings (SSSR count). The van der Waals surface area contributed by atoms with Gasteiger partial charge in [0, 0.05) is 19.6 Å². The lowest BCUT2D eigenvalue weighted by Crippen LogP contribution is -2.37. The van der Waals surface area contributed by atoms with Gasteiger partial charge < -0.3 is 4.74 Å². The smallest absolute Gasteiger partial charge is 0.306 e. The molecule has 4 nitrogen and oxygen atoms in total. The van der Waals surface area contributed by atoms with Crippen molar-refractivity contribution in [3.05, 3.63) is 0 Å². The number of morpholine rings is 1. The van der Waals surface area contributed by atoms with Crippen LogP contribution in [0.15, 0.2) is 4.99 Å². The van der Waals surface area contributed by atoms with Crippen molar-refractivity contribution in [1.82, 2.24) is 4.90 Å². The van der Waals surface area contributed by atoms with E-state index in [1.165, 1.54) is 57.8 Å². The highest BCUT2D eigenvalue weighted by Gasteiger charge is 2.20. The SMILES string of the molecule is CCCCCC[N+](=C=NCCN1CCOCC1)C1CCCCC1. The monoisotopic (exact) mass is 322 g/mol. The third-order valence-corrected chi connectivity index (χ3v) is 5.10. The predicted molar refractivity (Wildman–Crippen MR) is 95.7 cm³/mol. The first-order valence-electron chi connectivity index (χ1n) is 9.89. The Morgan fingerprint density at radius 1 is 1.09 bits per heavy atom. The molecule has 0 atom stereocenters. The largest absolute Gasteiger partial charge is 0.379 e. The molecule has 23 heavy (non-hydrogen) atoms. The summed E-state index contributed by atoms with van der Waals surface area (Å²) in [4.78, 5) is 7.08. The van der Waals surface area contributed by atoms with Crippen molar-refractivity contribution in [1.29, 1.82) is 0 Å². The Hall–Kier alpha value is -0.700. The van der Waals surface area contributed by atoms with Crippen molar-refractivity contribution in [3.63, 3.8) is 0 Å². The molecular weight excluding hydrogens is 286 g/mol. The number of rotatable bonds is 9. The highest BCUT2D eigenvalue weighted by atomic mass is 16.5. The van der Waals surface area contributed by atoms with Gasteiger partial charge in [0.2, 0.25) is 0 Å². The van der Waals surface area contributed by atoms with E-state index in [0.29, 0.717) is 6.04 Å². The maximum atomic E-state index is 5.39. The number of ether oxygens (including phenoxy) is 1. The molecule has 0 N–H and O–H groups in total. The first kappa shape index (κ1) is 18.6. The Kier molecular flexibility index (Phi) is 9.54. The molecule has 0 unspecified atom stereocenters. The summed E-state index contributed by atoms with van der Waals surface area (Å²) in [5.74, 6) is 0. The van der Waals surface area contributed by atoms with E-state index in [-0.39, 0.29) is 0 Å². The fourth-order valence-electron chi connectivity index (χ4n) is 3.57. The van der Waals surface area contributed by atoms with Gasteiger partial charge in [-0.05, 0) is 43.5 Å². The molecule has 0 radical (unpaired) electrons. The Bertz CT molecular complexity index is 365. The quantitative estimate of drug-likeness (QED) is 0.370. The van der Waals surface area contributed by atoms with E-state index in [9.17, 15) is 0 Å². The molecule has 0 spiro atoms. The van der Waals surface area contributed by atoms with E-state index in [4.69, 9.17) is 4.74 Å². The van der Waals surface area contributed by atoms with Crippen LogP contribution in [0.1, 0.15) is 64.7 Å². The maximum Gasteiger partial charge on any atom is 0.306 e. The first-order chi connectivity index (χ1) is 11.4. The second-order valence-electron chi connectivity index (χ2n) is 6.98. The third-order valence-electron chi connectivity index (χ3n) is 5.10. The standard InChI is InChI=1S/C19H36N3O/c1-2-3-4-8-12-22(19-9-6-5-7-10-19)18-20-11-13-21-14-16-23-17-15-21/h19H,2-17H2,1H3/q+1. The molecule has 1 saturated carbocycles. The summed E-state index contributed by atoms with van der Waals surface area (Å²) >= 11 is 0. The Morgan fingerprint density at radius 2 is 1.87 bits per heavy atom. The second-order valence-corrected chi connectivity index (χ2v) is 6.98. The summed E-state index contributed by atoms with van der Waals surface area (Å²) in [6.45, 7) is 9.20. The molecule has 0 aromatic rings. The van der Waals surface area contributed by atoms with Gasteiger partial charge in [-0.15, -0.1) is 0 Å². The first-order valence-corrected chi connectivity index (χ1v) is 9.89. The topological polar surface area (TPSA) is 27.8 Å². The molecule has 0 bridgehead atoms. The number of hydrogen-bond donors (Lipinski definition) is 0. The van der Waals surface area contributed by atoms with Gasteiger partial charge in [-0.25, -0.2) is 4.58 Å². The Labute approximate surface area is 142 Å². The summed E-state index contributed by atoms with van der Waals surface area (Å²) in [6, 6.07) is 4.10. The fraction of sp³-hybridized carbons (Fsp3) is 0.947. The Balaban J connectivity index is 1.81. The van der Waals surface area contributed by atoms with Gasteiger partial charge in [-0.1, -0.05) is 26.2 Å². The molecule has 0 aromatic heterocycles. The molecule has 1 aliphatic carbocycles. The average Bonchev–Trinajstić information content (AvgIpc) is 2.62. The van der Waals surface area contributed by atoms with Crippen LogP contribution in [-0.4, -0.2) is 67.5 Å². The highest BCUT2D eigenvalue weighted by Crippen LogP contribution is 2.20. The van der Waals surface area contributed by atoms with Gasteiger partial charge in [-0.3, -0.25) is 4.90 Å². The van der Waals surface area contributed by atoms with Gasteiger partial charge in [0.1, 0.15) is 6.04 Å². The number of unbranched alkanes of at least 4 members (excludes halogenated alkanes) is 3. The van der Waals surface area contributed by atoms with Gasteiger partial charge in [0.05, 0.1) is 19.8 Å². The molecule has 0 amide bonds. The van der Waals surface area contributed by atoms with Crippen LogP contribution in [0, 0.1) is 0 Å². The van der Waals surface area contributed by atoms with Crippen molar-refractivity contribution in [2.75, 3.05) is 45.9 Å². The lowest BCUT2D eigenvalue weighted by Gasteiger charge is -2.24. The summed E-state index contributed by atoms with van der Waals surface area (Å²) in [6.07, 6.45) is 12.1. The van der Waals surface area contributed by atoms with Gasteiger partial charge >= 0.3 is 6.01 Å². The lowest BCUT2D eigenvalue weighted by molar-refractivity contribution is -0.564. The molecule has 4 heteroatoms. The van der Waals surface area contributed by atoms with Gasteiger partial charge in [0.15, 0.2) is 6.54 Å². The molecule has 2 fully saturated rings. The summed E-state index contributed by atoms with van der Waals surface area (Å²) in [7, 11) is 0. The average molecular weight is 323 g/mol. The van der Waals surface area contributed by atoms with Crippen LogP contribution >= 0.6 is 0 Å². The zero-order valence-corrected chi connectivity index (χ0v) is 15.1. The lowest BCUT2D eigenvalue weighted by atomic mass is 9.95. The molecule has 1 heterocycles. The van der Waals surface area contributed by atoms with Crippen LogP contribution in [0.25, 0.3) is 0 Å². The van der Waals surface area contributed by atoms with E-state index in [0.717, 1.165) is 45.9 Å². The minimum absolute atomic E-state index is 0.692. The van der Waals surface area contributed by atoms with Crippen molar-refractivity contribution in [2.24, 2.45) is 4.99 Å². The van der Waals surface area contributed by atoms with E-state index in [2.05, 4.69) is 27.4 Å². The normalized spacial score (nSPS) is 20.2. The van der Waals surface area contributed by atoms with Crippen molar-refractivity contribution >= 4 is 6.01 Å². The minimum Gasteiger partial charge on any atom is -0.379 e. The van der Waals surface area contributed by atoms with Crippen LogP contribution in [-0.2, 0) is 4.74 Å². The van der Waals surface area contributed by atoms with E-state index < -0.39 is 0 Å². The van der Waals surface area contributed by atoms with Gasteiger partial charge in [0.25, 0.3) is 0 Å². The van der Waals surface area contributed by atoms with Crippen LogP contribution in [0.3, 0.4) is 0 Å². The zero-order chi connectivity index (χ0) is 16.2. The van der Waals surface area contributed by atoms with E-state index in [1.807, 2.05) is 0 Å². The van der Waals surface area contributed by atoms with E-state index in [1.54, 1.807) is 0 Å². The van der Waals surface area contributed by atoms with Crippen molar-refractivity contribution in [3.8, 4) is 0 Å².